The van der Waals surface area contributed by atoms with E-state index in [1.54, 1.807) is 0 Å². The molecule has 2 nitrogen and oxygen atoms in total. The van der Waals surface area contributed by atoms with Crippen molar-refractivity contribution in [1.29, 1.82) is 0 Å². The highest BCUT2D eigenvalue weighted by Crippen LogP contribution is 2.21. The fourth-order valence-electron chi connectivity index (χ4n) is 1.52. The van der Waals surface area contributed by atoms with Crippen molar-refractivity contribution < 1.29 is 9.18 Å². The Morgan fingerprint density at radius 1 is 1.11 bits per heavy atom. The molecule has 0 amide bonds. The number of carbonyl (C=O) groups excluding carboxylic acids is 1. The van der Waals surface area contributed by atoms with E-state index in [4.69, 9.17) is 0 Å². The van der Waals surface area contributed by atoms with Gasteiger partial charge in [-0.2, -0.15) is 0 Å². The number of ketones is 1. The van der Waals surface area contributed by atoms with Crippen molar-refractivity contribution in [3.8, 4) is 0 Å². The Morgan fingerprint density at radius 3 is 2.44 bits per heavy atom. The molecule has 0 saturated carbocycles. The van der Waals surface area contributed by atoms with E-state index in [1.807, 2.05) is 24.3 Å². The van der Waals surface area contributed by atoms with Crippen LogP contribution in [-0.2, 0) is 0 Å². The summed E-state index contributed by atoms with van der Waals surface area (Å²) in [5.41, 5.74) is 1.35. The summed E-state index contributed by atoms with van der Waals surface area (Å²) in [7, 11) is 0. The summed E-state index contributed by atoms with van der Waals surface area (Å²) in [6, 6.07) is 13.1. The van der Waals surface area contributed by atoms with Crippen LogP contribution in [0, 0.1) is 5.82 Å². The summed E-state index contributed by atoms with van der Waals surface area (Å²) in [4.78, 5) is 11.8. The molecule has 0 aliphatic rings. The molecule has 0 aliphatic heterocycles. The van der Waals surface area contributed by atoms with Gasteiger partial charge in [0.25, 0.3) is 0 Å². The summed E-state index contributed by atoms with van der Waals surface area (Å²) in [5.74, 6) is -0.420. The third kappa shape index (κ3) is 3.17. The summed E-state index contributed by atoms with van der Waals surface area (Å²) < 4.78 is 13.6. The minimum absolute atomic E-state index is 0.0780. The first-order valence-corrected chi connectivity index (χ1v) is 6.23. The van der Waals surface area contributed by atoms with E-state index in [-0.39, 0.29) is 18.1 Å². The van der Waals surface area contributed by atoms with Gasteiger partial charge in [0.2, 0.25) is 0 Å². The molecule has 92 valence electrons. The van der Waals surface area contributed by atoms with Gasteiger partial charge < -0.3 is 5.32 Å². The standard InChI is InChI=1S/C14H11BrFNO/c15-12-3-1-2-4-13(12)17-9-14(18)10-5-7-11(16)8-6-10/h1-8,17H,9H2. The Kier molecular flexibility index (Phi) is 4.10. The fourth-order valence-corrected chi connectivity index (χ4v) is 1.94. The van der Waals surface area contributed by atoms with Crippen LogP contribution in [0.3, 0.4) is 0 Å². The molecule has 4 heteroatoms. The van der Waals surface area contributed by atoms with E-state index >= 15 is 0 Å². The van der Waals surface area contributed by atoms with Crippen molar-refractivity contribution in [2.45, 2.75) is 0 Å². The first-order chi connectivity index (χ1) is 8.66. The number of halogens is 2. The van der Waals surface area contributed by atoms with Gasteiger partial charge in [-0.15, -0.1) is 0 Å². The molecule has 18 heavy (non-hydrogen) atoms. The average molecular weight is 308 g/mol. The first-order valence-electron chi connectivity index (χ1n) is 5.44. The zero-order valence-electron chi connectivity index (χ0n) is 9.49. The van der Waals surface area contributed by atoms with Gasteiger partial charge in [0, 0.05) is 15.7 Å². The monoisotopic (exact) mass is 307 g/mol. The lowest BCUT2D eigenvalue weighted by Crippen LogP contribution is -2.14. The van der Waals surface area contributed by atoms with Crippen LogP contribution in [-0.4, -0.2) is 12.3 Å². The molecule has 0 bridgehead atoms. The Labute approximate surface area is 113 Å². The van der Waals surface area contributed by atoms with Gasteiger partial charge in [-0.3, -0.25) is 4.79 Å². The van der Waals surface area contributed by atoms with Gasteiger partial charge in [-0.1, -0.05) is 12.1 Å². The van der Waals surface area contributed by atoms with Crippen molar-refractivity contribution in [3.05, 3.63) is 64.4 Å². The van der Waals surface area contributed by atoms with Gasteiger partial charge in [0.1, 0.15) is 5.82 Å². The Hall–Kier alpha value is -1.68. The molecule has 1 N–H and O–H groups in total. The topological polar surface area (TPSA) is 29.1 Å². The smallest absolute Gasteiger partial charge is 0.181 e. The zero-order valence-corrected chi connectivity index (χ0v) is 11.1. The highest BCUT2D eigenvalue weighted by Gasteiger charge is 2.06. The van der Waals surface area contributed by atoms with Gasteiger partial charge in [0.15, 0.2) is 5.78 Å². The predicted molar refractivity (Wildman–Crippen MR) is 73.4 cm³/mol. The highest BCUT2D eigenvalue weighted by atomic mass is 79.9. The molecule has 0 saturated heterocycles. The van der Waals surface area contributed by atoms with E-state index in [9.17, 15) is 9.18 Å². The van der Waals surface area contributed by atoms with Crippen LogP contribution >= 0.6 is 15.9 Å². The number of para-hydroxylation sites is 1. The number of nitrogens with one attached hydrogen (secondary N) is 1. The molecule has 0 heterocycles. The SMILES string of the molecule is O=C(CNc1ccccc1Br)c1ccc(F)cc1. The maximum absolute atomic E-state index is 12.7. The zero-order chi connectivity index (χ0) is 13.0. The van der Waals surface area contributed by atoms with E-state index < -0.39 is 0 Å². The van der Waals surface area contributed by atoms with E-state index in [0.717, 1.165) is 10.2 Å². The minimum Gasteiger partial charge on any atom is -0.377 e. The number of hydrogen-bond acceptors (Lipinski definition) is 2. The van der Waals surface area contributed by atoms with Crippen LogP contribution in [0.5, 0.6) is 0 Å². The number of Topliss-reactive ketones (excluding diaryl/α,β-unsaturated/α-hetero) is 1. The summed E-state index contributed by atoms with van der Waals surface area (Å²) in [6.07, 6.45) is 0. The fraction of sp³-hybridized carbons (Fsp3) is 0.0714. The summed E-state index contributed by atoms with van der Waals surface area (Å²) >= 11 is 3.39. The Bertz CT molecular complexity index is 554. The van der Waals surface area contributed by atoms with Crippen LogP contribution in [0.2, 0.25) is 0 Å². The lowest BCUT2D eigenvalue weighted by Gasteiger charge is -2.07. The van der Waals surface area contributed by atoms with Gasteiger partial charge in [0.05, 0.1) is 6.54 Å². The molecule has 2 aromatic carbocycles. The lowest BCUT2D eigenvalue weighted by molar-refractivity contribution is 0.101. The molecular weight excluding hydrogens is 297 g/mol. The van der Waals surface area contributed by atoms with E-state index in [2.05, 4.69) is 21.2 Å². The lowest BCUT2D eigenvalue weighted by atomic mass is 10.1. The number of anilines is 1. The van der Waals surface area contributed by atoms with Crippen molar-refractivity contribution >= 4 is 27.4 Å². The van der Waals surface area contributed by atoms with Crippen molar-refractivity contribution in [1.82, 2.24) is 0 Å². The Morgan fingerprint density at radius 2 is 1.78 bits per heavy atom. The normalized spacial score (nSPS) is 10.1. The number of hydrogen-bond donors (Lipinski definition) is 1. The van der Waals surface area contributed by atoms with E-state index in [1.165, 1.54) is 24.3 Å². The van der Waals surface area contributed by atoms with Gasteiger partial charge in [-0.05, 0) is 52.3 Å². The summed E-state index contributed by atoms with van der Waals surface area (Å²) in [6.45, 7) is 0.175. The molecule has 0 atom stereocenters. The largest absolute Gasteiger partial charge is 0.377 e. The quantitative estimate of drug-likeness (QED) is 0.868. The van der Waals surface area contributed by atoms with Crippen molar-refractivity contribution in [3.63, 3.8) is 0 Å². The average Bonchev–Trinajstić information content (AvgIpc) is 2.38. The van der Waals surface area contributed by atoms with Gasteiger partial charge in [-0.25, -0.2) is 4.39 Å². The van der Waals surface area contributed by atoms with Crippen LogP contribution in [0.1, 0.15) is 10.4 Å². The first kappa shape index (κ1) is 12.8. The maximum Gasteiger partial charge on any atom is 0.181 e. The number of carbonyl (C=O) groups is 1. The van der Waals surface area contributed by atoms with Crippen molar-refractivity contribution in [2.24, 2.45) is 0 Å². The molecule has 0 aliphatic carbocycles. The molecule has 0 fully saturated rings. The third-order valence-corrected chi connectivity index (χ3v) is 3.17. The second kappa shape index (κ2) is 5.78. The molecule has 0 spiro atoms. The molecule has 2 aromatic rings. The summed E-state index contributed by atoms with van der Waals surface area (Å²) in [5, 5.41) is 3.04. The minimum atomic E-state index is -0.342. The number of benzene rings is 2. The highest BCUT2D eigenvalue weighted by molar-refractivity contribution is 9.10. The molecule has 0 aromatic heterocycles. The molecule has 0 unspecified atom stereocenters. The second-order valence-electron chi connectivity index (χ2n) is 3.76. The van der Waals surface area contributed by atoms with Gasteiger partial charge >= 0.3 is 0 Å². The number of rotatable bonds is 4. The Balaban J connectivity index is 2.01. The third-order valence-electron chi connectivity index (χ3n) is 2.48. The van der Waals surface area contributed by atoms with Crippen LogP contribution < -0.4 is 5.32 Å². The second-order valence-corrected chi connectivity index (χ2v) is 4.62. The predicted octanol–water partition coefficient (Wildman–Crippen LogP) is 3.88. The molecule has 2 rings (SSSR count). The van der Waals surface area contributed by atoms with Crippen LogP contribution in [0.15, 0.2) is 53.0 Å². The van der Waals surface area contributed by atoms with Crippen molar-refractivity contribution in [2.75, 3.05) is 11.9 Å². The van der Waals surface area contributed by atoms with Crippen LogP contribution in [0.4, 0.5) is 10.1 Å². The molecular formula is C14H11BrFNO. The maximum atomic E-state index is 12.7. The van der Waals surface area contributed by atoms with Crippen LogP contribution in [0.25, 0.3) is 0 Å². The van der Waals surface area contributed by atoms with E-state index in [0.29, 0.717) is 5.56 Å². The molecule has 0 radical (unpaired) electrons.